The van der Waals surface area contributed by atoms with E-state index in [2.05, 4.69) is 38.7 Å². The standard InChI is InChI=1S/C35H27ClF6N6O/c1-4-19-15-35(41,42)33-29(19)31(34(39)40)46-48(33)17-28(49)45-27(14-18-12-20(37)6-7-21(38)13-18)30-23(9-8-22(5-2)44-30)24-10-11-26(36)25-16-43-47(3)32(24)25/h2,4,6,8-11,13,16,19-20,27,34H,1,12,14-15,17H2,3H3,(H,45,49)/t19-,20?,27-/m0/s1. The Kier molecular flexibility index (Phi) is 9.05. The van der Waals surface area contributed by atoms with Gasteiger partial charge in [-0.2, -0.15) is 23.4 Å². The summed E-state index contributed by atoms with van der Waals surface area (Å²) in [4.78, 5) is 18.3. The molecule has 49 heavy (non-hydrogen) atoms. The predicted octanol–water partition coefficient (Wildman–Crippen LogP) is 8.09. The molecule has 1 N–H and O–H groups in total. The van der Waals surface area contributed by atoms with Gasteiger partial charge in [0.15, 0.2) is 5.83 Å². The van der Waals surface area contributed by atoms with Crippen LogP contribution in [0, 0.1) is 12.3 Å². The van der Waals surface area contributed by atoms with Crippen molar-refractivity contribution in [2.24, 2.45) is 7.05 Å². The molecule has 3 aromatic heterocycles. The van der Waals surface area contributed by atoms with Crippen LogP contribution in [0.15, 0.2) is 72.4 Å². The minimum absolute atomic E-state index is 0.167. The number of nitrogens with one attached hydrogen (secondary N) is 1. The largest absolute Gasteiger partial charge is 0.346 e. The number of hydrogen-bond acceptors (Lipinski definition) is 4. The van der Waals surface area contributed by atoms with E-state index in [1.807, 2.05) is 0 Å². The average Bonchev–Trinajstić information content (AvgIpc) is 3.68. The Labute approximate surface area is 281 Å². The highest BCUT2D eigenvalue weighted by Crippen LogP contribution is 2.51. The highest BCUT2D eigenvalue weighted by Gasteiger charge is 2.50. The molecule has 0 fully saturated rings. The summed E-state index contributed by atoms with van der Waals surface area (Å²) in [7, 11) is 1.70. The van der Waals surface area contributed by atoms with Crippen LogP contribution >= 0.6 is 11.6 Å². The summed E-state index contributed by atoms with van der Waals surface area (Å²) < 4.78 is 89.6. The SMILES string of the molecule is C#Cc1ccc(-c2ccc(Cl)c3cnn(C)c23)c([C@H](CC2=CC(F)=C=CC(F)C2)NC(=O)Cn2nc(C(F)F)c3c2C(F)(F)C[C@@H]3C=C)n1. The van der Waals surface area contributed by atoms with Crippen molar-refractivity contribution in [2.75, 3.05) is 0 Å². The van der Waals surface area contributed by atoms with Gasteiger partial charge in [0.05, 0.1) is 28.5 Å². The van der Waals surface area contributed by atoms with E-state index < -0.39 is 66.6 Å². The molecule has 0 aliphatic heterocycles. The van der Waals surface area contributed by atoms with Gasteiger partial charge in [0.25, 0.3) is 12.3 Å². The zero-order valence-electron chi connectivity index (χ0n) is 25.8. The van der Waals surface area contributed by atoms with Crippen molar-refractivity contribution >= 4 is 28.4 Å². The number of nitrogens with zero attached hydrogens (tertiary/aromatic N) is 5. The summed E-state index contributed by atoms with van der Waals surface area (Å²) in [5.41, 5.74) is 2.43. The first-order valence-corrected chi connectivity index (χ1v) is 15.4. The second-order valence-corrected chi connectivity index (χ2v) is 12.2. The molecule has 0 bridgehead atoms. The molecular formula is C35H27ClF6N6O. The summed E-state index contributed by atoms with van der Waals surface area (Å²) in [6.45, 7) is 2.63. The van der Waals surface area contributed by atoms with Crippen LogP contribution < -0.4 is 5.32 Å². The number of carbonyl (C=O) groups excluding carboxylic acids is 1. The van der Waals surface area contributed by atoms with Crippen LogP contribution in [0.25, 0.3) is 22.0 Å². The number of carbonyl (C=O) groups is 1. The minimum atomic E-state index is -3.56. The van der Waals surface area contributed by atoms with Gasteiger partial charge < -0.3 is 5.32 Å². The van der Waals surface area contributed by atoms with E-state index in [4.69, 9.17) is 18.0 Å². The smallest absolute Gasteiger partial charge is 0.290 e. The lowest BCUT2D eigenvalue weighted by molar-refractivity contribution is -0.122. The minimum Gasteiger partial charge on any atom is -0.346 e. The number of aryl methyl sites for hydroxylation is 1. The molecule has 1 aromatic carbocycles. The van der Waals surface area contributed by atoms with Gasteiger partial charge in [-0.15, -0.1) is 13.0 Å². The molecule has 1 unspecified atom stereocenters. The summed E-state index contributed by atoms with van der Waals surface area (Å²) in [6.07, 6.45) is 4.43. The van der Waals surface area contributed by atoms with Crippen molar-refractivity contribution in [2.45, 2.75) is 56.3 Å². The summed E-state index contributed by atoms with van der Waals surface area (Å²) >= 11 is 6.44. The van der Waals surface area contributed by atoms with Crippen molar-refractivity contribution < 1.29 is 31.1 Å². The maximum absolute atomic E-state index is 15.2. The van der Waals surface area contributed by atoms with Gasteiger partial charge in [0, 0.05) is 47.9 Å². The van der Waals surface area contributed by atoms with Gasteiger partial charge in [-0.1, -0.05) is 41.0 Å². The molecule has 0 saturated carbocycles. The molecule has 1 amide bonds. The van der Waals surface area contributed by atoms with Crippen molar-refractivity contribution in [3.63, 3.8) is 0 Å². The van der Waals surface area contributed by atoms with Gasteiger partial charge in [-0.25, -0.2) is 18.2 Å². The summed E-state index contributed by atoms with van der Waals surface area (Å²) in [6, 6.07) is 5.45. The van der Waals surface area contributed by atoms with Crippen molar-refractivity contribution in [1.82, 2.24) is 29.9 Å². The molecule has 4 aromatic rings. The van der Waals surface area contributed by atoms with Crippen LogP contribution in [0.4, 0.5) is 26.3 Å². The van der Waals surface area contributed by atoms with Gasteiger partial charge in [0.1, 0.15) is 29.8 Å². The second kappa shape index (κ2) is 13.1. The highest BCUT2D eigenvalue weighted by atomic mass is 35.5. The van der Waals surface area contributed by atoms with Crippen LogP contribution in [0.1, 0.15) is 66.0 Å². The molecule has 0 saturated heterocycles. The Morgan fingerprint density at radius 2 is 2.02 bits per heavy atom. The molecule has 2 aliphatic rings. The Morgan fingerprint density at radius 3 is 2.73 bits per heavy atom. The van der Waals surface area contributed by atoms with E-state index in [1.54, 1.807) is 42.2 Å². The lowest BCUT2D eigenvalue weighted by atomic mass is 9.92. The van der Waals surface area contributed by atoms with Crippen molar-refractivity contribution in [3.8, 4) is 23.5 Å². The molecule has 0 radical (unpaired) electrons. The molecule has 3 heterocycles. The molecule has 14 heteroatoms. The highest BCUT2D eigenvalue weighted by molar-refractivity contribution is 6.35. The third-order valence-electron chi connectivity index (χ3n) is 8.53. The molecule has 6 rings (SSSR count). The fourth-order valence-corrected chi connectivity index (χ4v) is 6.68. The van der Waals surface area contributed by atoms with Crippen LogP contribution in [-0.2, 0) is 24.3 Å². The van der Waals surface area contributed by atoms with Crippen LogP contribution in [0.3, 0.4) is 0 Å². The summed E-state index contributed by atoms with van der Waals surface area (Å²) in [5, 5.41) is 11.8. The van der Waals surface area contributed by atoms with E-state index in [1.165, 1.54) is 0 Å². The van der Waals surface area contributed by atoms with E-state index >= 15 is 8.78 Å². The number of pyridine rings is 1. The normalized spacial score (nSPS) is 18.9. The van der Waals surface area contributed by atoms with Crippen molar-refractivity contribution in [1.29, 1.82) is 0 Å². The fourth-order valence-electron chi connectivity index (χ4n) is 6.48. The van der Waals surface area contributed by atoms with Crippen LogP contribution in [0.5, 0.6) is 0 Å². The first-order chi connectivity index (χ1) is 23.3. The van der Waals surface area contributed by atoms with Gasteiger partial charge in [-0.05, 0) is 36.8 Å². The quantitative estimate of drug-likeness (QED) is 0.0831. The number of halogens is 7. The van der Waals surface area contributed by atoms with E-state index in [-0.39, 0.29) is 35.4 Å². The zero-order chi connectivity index (χ0) is 35.2. The van der Waals surface area contributed by atoms with Gasteiger partial charge in [0.2, 0.25) is 5.91 Å². The maximum Gasteiger partial charge on any atom is 0.290 e. The molecule has 252 valence electrons. The number of terminal acetylenes is 1. The van der Waals surface area contributed by atoms with E-state index in [0.717, 1.165) is 18.2 Å². The molecule has 3 atom stereocenters. The van der Waals surface area contributed by atoms with Gasteiger partial charge in [-0.3, -0.25) is 14.2 Å². The Hall–Kier alpha value is -5.05. The number of hydrogen-bond donors (Lipinski definition) is 1. The first-order valence-electron chi connectivity index (χ1n) is 15.0. The molecule has 2 aliphatic carbocycles. The van der Waals surface area contributed by atoms with E-state index in [9.17, 15) is 22.4 Å². The number of aromatic nitrogens is 5. The number of rotatable bonds is 9. The lowest BCUT2D eigenvalue weighted by Crippen LogP contribution is -2.34. The fraction of sp³-hybridized carbons (Fsp3) is 0.286. The van der Waals surface area contributed by atoms with Crippen LogP contribution in [-0.4, -0.2) is 36.6 Å². The lowest BCUT2D eigenvalue weighted by Gasteiger charge is -2.24. The van der Waals surface area contributed by atoms with Crippen LogP contribution in [0.2, 0.25) is 5.02 Å². The molecule has 7 nitrogen and oxygen atoms in total. The molecule has 0 spiro atoms. The topological polar surface area (TPSA) is 77.6 Å². The Bertz CT molecular complexity index is 2140. The predicted molar refractivity (Wildman–Crippen MR) is 171 cm³/mol. The van der Waals surface area contributed by atoms with Crippen molar-refractivity contribution in [3.05, 3.63) is 106 Å². The number of fused-ring (bicyclic) bond motifs is 2. The number of alkyl halides is 5. The maximum atomic E-state index is 15.2. The van der Waals surface area contributed by atoms with Gasteiger partial charge >= 0.3 is 0 Å². The average molecular weight is 697 g/mol. The Morgan fingerprint density at radius 1 is 1.27 bits per heavy atom. The van der Waals surface area contributed by atoms with E-state index in [0.29, 0.717) is 31.7 Å². The third-order valence-corrected chi connectivity index (χ3v) is 8.86. The number of allylic oxidation sites excluding steroid dienone is 3. The monoisotopic (exact) mass is 696 g/mol. The Balaban J connectivity index is 1.46. The number of benzene rings is 1. The first kappa shape index (κ1) is 33.8. The number of amides is 1. The zero-order valence-corrected chi connectivity index (χ0v) is 26.6. The second-order valence-electron chi connectivity index (χ2n) is 11.8. The summed E-state index contributed by atoms with van der Waals surface area (Å²) in [5.74, 6) is -3.96. The molecular weight excluding hydrogens is 670 g/mol. The third kappa shape index (κ3) is 6.42.